The van der Waals surface area contributed by atoms with Gasteiger partial charge < -0.3 is 15.2 Å². The Hall–Kier alpha value is -1.64. The Morgan fingerprint density at radius 1 is 1.39 bits per heavy atom. The number of aromatic hydroxyl groups is 1. The first-order valence-corrected chi connectivity index (χ1v) is 8.90. The van der Waals surface area contributed by atoms with Gasteiger partial charge in [0.25, 0.3) is 5.91 Å². The summed E-state index contributed by atoms with van der Waals surface area (Å²) in [7, 11) is -0.390. The van der Waals surface area contributed by atoms with Crippen LogP contribution in [0.2, 0.25) is 0 Å². The number of nitrogens with zero attached hydrogens (tertiary/aromatic N) is 1. The summed E-state index contributed by atoms with van der Waals surface area (Å²) < 4.78 is 30.5. The van der Waals surface area contributed by atoms with Gasteiger partial charge >= 0.3 is 0 Å². The summed E-state index contributed by atoms with van der Waals surface area (Å²) >= 11 is 0. The monoisotopic (exact) mass is 342 g/mol. The van der Waals surface area contributed by atoms with Crippen molar-refractivity contribution in [2.75, 3.05) is 33.1 Å². The highest BCUT2D eigenvalue weighted by atomic mass is 32.2. The maximum absolute atomic E-state index is 12.4. The summed E-state index contributed by atoms with van der Waals surface area (Å²) in [6.45, 7) is 2.32. The van der Waals surface area contributed by atoms with Crippen LogP contribution in [0.25, 0.3) is 0 Å². The van der Waals surface area contributed by atoms with E-state index in [4.69, 9.17) is 4.74 Å². The lowest BCUT2D eigenvalue weighted by Crippen LogP contribution is -2.43. The second kappa shape index (κ2) is 6.86. The number of ether oxygens (including phenoxy) is 1. The average Bonchev–Trinajstić information content (AvgIpc) is 2.84. The molecule has 0 radical (unpaired) electrons. The van der Waals surface area contributed by atoms with Crippen LogP contribution in [0.4, 0.5) is 0 Å². The molecule has 0 aliphatic carbocycles. The van der Waals surface area contributed by atoms with E-state index in [1.54, 1.807) is 13.0 Å². The van der Waals surface area contributed by atoms with Crippen molar-refractivity contribution in [1.29, 1.82) is 0 Å². The molecule has 1 aromatic rings. The molecule has 0 bridgehead atoms. The maximum atomic E-state index is 12.4. The second-order valence-corrected chi connectivity index (χ2v) is 8.17. The van der Waals surface area contributed by atoms with Crippen LogP contribution >= 0.6 is 0 Å². The number of carbonyl (C=O) groups is 1. The molecule has 1 amide bonds. The number of phenols is 1. The molecule has 1 aliphatic rings. The van der Waals surface area contributed by atoms with E-state index in [0.717, 1.165) is 0 Å². The Morgan fingerprint density at radius 2 is 2.09 bits per heavy atom. The maximum Gasteiger partial charge on any atom is 0.251 e. The molecule has 1 fully saturated rings. The molecule has 0 saturated carbocycles. The van der Waals surface area contributed by atoms with E-state index < -0.39 is 10.0 Å². The van der Waals surface area contributed by atoms with Crippen molar-refractivity contribution in [2.45, 2.75) is 13.0 Å². The number of sulfonamides is 1. The van der Waals surface area contributed by atoms with Gasteiger partial charge in [0.1, 0.15) is 5.75 Å². The third kappa shape index (κ3) is 4.21. The van der Waals surface area contributed by atoms with Gasteiger partial charge in [0.2, 0.25) is 10.0 Å². The standard InChI is InChI=1S/C15H22N2O5S/c1-10-6-12(18)4-5-13(10)15(19)16-14-8-22-7-11(14)9-23(20,21)17(2)3/h4-6,11,14,18H,7-9H2,1-3H3,(H,16,19). The van der Waals surface area contributed by atoms with Crippen molar-refractivity contribution in [3.8, 4) is 5.75 Å². The number of amides is 1. The lowest BCUT2D eigenvalue weighted by Gasteiger charge is -2.21. The third-order valence-corrected chi connectivity index (χ3v) is 5.91. The van der Waals surface area contributed by atoms with Crippen LogP contribution in [0.15, 0.2) is 18.2 Å². The van der Waals surface area contributed by atoms with Gasteiger partial charge in [-0.05, 0) is 30.7 Å². The van der Waals surface area contributed by atoms with Gasteiger partial charge in [-0.1, -0.05) is 0 Å². The lowest BCUT2D eigenvalue weighted by molar-refractivity contribution is 0.0925. The zero-order valence-electron chi connectivity index (χ0n) is 13.4. The number of hydrogen-bond acceptors (Lipinski definition) is 5. The molecular weight excluding hydrogens is 320 g/mol. The van der Waals surface area contributed by atoms with Crippen molar-refractivity contribution in [3.63, 3.8) is 0 Å². The van der Waals surface area contributed by atoms with Crippen LogP contribution in [0.1, 0.15) is 15.9 Å². The minimum Gasteiger partial charge on any atom is -0.508 e. The minimum absolute atomic E-state index is 0.0699. The molecule has 1 heterocycles. The van der Waals surface area contributed by atoms with Crippen molar-refractivity contribution in [1.82, 2.24) is 9.62 Å². The van der Waals surface area contributed by atoms with Gasteiger partial charge in [-0.25, -0.2) is 12.7 Å². The van der Waals surface area contributed by atoms with Crippen LogP contribution < -0.4 is 5.32 Å². The molecule has 1 aliphatic heterocycles. The summed E-state index contributed by atoms with van der Waals surface area (Å²) in [5.41, 5.74) is 1.10. The third-order valence-electron chi connectivity index (χ3n) is 3.95. The first-order chi connectivity index (χ1) is 10.7. The molecule has 2 rings (SSSR count). The van der Waals surface area contributed by atoms with Gasteiger partial charge in [0.05, 0.1) is 25.0 Å². The summed E-state index contributed by atoms with van der Waals surface area (Å²) in [6, 6.07) is 4.14. The molecule has 7 nitrogen and oxygen atoms in total. The number of benzene rings is 1. The van der Waals surface area contributed by atoms with Crippen LogP contribution in [-0.4, -0.2) is 62.8 Å². The van der Waals surface area contributed by atoms with E-state index in [0.29, 0.717) is 17.7 Å². The van der Waals surface area contributed by atoms with Gasteiger partial charge in [0, 0.05) is 25.6 Å². The fourth-order valence-corrected chi connectivity index (χ4v) is 3.66. The van der Waals surface area contributed by atoms with Crippen LogP contribution in [-0.2, 0) is 14.8 Å². The molecule has 2 atom stereocenters. The normalized spacial score (nSPS) is 21.6. The van der Waals surface area contributed by atoms with E-state index in [2.05, 4.69) is 5.32 Å². The molecular formula is C15H22N2O5S. The molecule has 2 N–H and O–H groups in total. The molecule has 128 valence electrons. The molecule has 23 heavy (non-hydrogen) atoms. The SMILES string of the molecule is Cc1cc(O)ccc1C(=O)NC1COCC1CS(=O)(=O)N(C)C. The first-order valence-electron chi connectivity index (χ1n) is 7.29. The highest BCUT2D eigenvalue weighted by molar-refractivity contribution is 7.89. The zero-order valence-corrected chi connectivity index (χ0v) is 14.3. The van der Waals surface area contributed by atoms with E-state index in [-0.39, 0.29) is 36.0 Å². The number of carbonyl (C=O) groups excluding carboxylic acids is 1. The predicted octanol–water partition coefficient (Wildman–Crippen LogP) is 0.337. The molecule has 1 saturated heterocycles. The number of rotatable bonds is 5. The van der Waals surface area contributed by atoms with E-state index >= 15 is 0 Å². The Bertz CT molecular complexity index is 687. The van der Waals surface area contributed by atoms with Gasteiger partial charge in [0.15, 0.2) is 0 Å². The van der Waals surface area contributed by atoms with Crippen molar-refractivity contribution >= 4 is 15.9 Å². The second-order valence-electron chi connectivity index (χ2n) is 5.94. The summed E-state index contributed by atoms with van der Waals surface area (Å²) in [5, 5.41) is 12.2. The Kier molecular flexibility index (Phi) is 5.28. The number of nitrogens with one attached hydrogen (secondary N) is 1. The van der Waals surface area contributed by atoms with Crippen LogP contribution in [0.5, 0.6) is 5.75 Å². The summed E-state index contributed by atoms with van der Waals surface area (Å²) in [6.07, 6.45) is 0. The Morgan fingerprint density at radius 3 is 2.70 bits per heavy atom. The predicted molar refractivity (Wildman–Crippen MR) is 85.9 cm³/mol. The van der Waals surface area contributed by atoms with Crippen molar-refractivity contribution in [3.05, 3.63) is 29.3 Å². The fraction of sp³-hybridized carbons (Fsp3) is 0.533. The first kappa shape index (κ1) is 17.7. The highest BCUT2D eigenvalue weighted by Crippen LogP contribution is 2.19. The molecule has 1 aromatic carbocycles. The average molecular weight is 342 g/mol. The number of hydrogen-bond donors (Lipinski definition) is 2. The fourth-order valence-electron chi connectivity index (χ4n) is 2.49. The molecule has 2 unspecified atom stereocenters. The van der Waals surface area contributed by atoms with E-state index in [1.165, 1.54) is 30.5 Å². The lowest BCUT2D eigenvalue weighted by atomic mass is 10.0. The van der Waals surface area contributed by atoms with Crippen molar-refractivity contribution < 1.29 is 23.1 Å². The Labute approximate surface area is 136 Å². The molecule has 0 spiro atoms. The van der Waals surface area contributed by atoms with Gasteiger partial charge in [-0.3, -0.25) is 4.79 Å². The van der Waals surface area contributed by atoms with Crippen LogP contribution in [0, 0.1) is 12.8 Å². The number of phenolic OH excluding ortho intramolecular Hbond substituents is 1. The topological polar surface area (TPSA) is 95.9 Å². The van der Waals surface area contributed by atoms with Crippen molar-refractivity contribution in [2.24, 2.45) is 5.92 Å². The zero-order chi connectivity index (χ0) is 17.2. The minimum atomic E-state index is -3.36. The smallest absolute Gasteiger partial charge is 0.251 e. The van der Waals surface area contributed by atoms with Gasteiger partial charge in [-0.15, -0.1) is 0 Å². The highest BCUT2D eigenvalue weighted by Gasteiger charge is 2.34. The quantitative estimate of drug-likeness (QED) is 0.804. The molecule has 0 aromatic heterocycles. The number of aryl methyl sites for hydroxylation is 1. The summed E-state index contributed by atoms with van der Waals surface area (Å²) in [5.74, 6) is -0.563. The molecule has 8 heteroatoms. The van der Waals surface area contributed by atoms with Crippen LogP contribution in [0.3, 0.4) is 0 Å². The Balaban J connectivity index is 2.08. The summed E-state index contributed by atoms with van der Waals surface area (Å²) in [4.78, 5) is 12.4. The van der Waals surface area contributed by atoms with Gasteiger partial charge in [-0.2, -0.15) is 0 Å². The van der Waals surface area contributed by atoms with E-state index in [9.17, 15) is 18.3 Å². The van der Waals surface area contributed by atoms with E-state index in [1.807, 2.05) is 0 Å². The largest absolute Gasteiger partial charge is 0.508 e.